The number of para-hydroxylation sites is 2. The van der Waals surface area contributed by atoms with Crippen LogP contribution in [-0.4, -0.2) is 26.7 Å². The first kappa shape index (κ1) is 25.1. The molecule has 1 aliphatic carbocycles. The second-order valence-corrected chi connectivity index (χ2v) is 14.8. The molecule has 0 atom stereocenters. The summed E-state index contributed by atoms with van der Waals surface area (Å²) >= 11 is -0.617. The molecule has 9 rings (SSSR count). The van der Waals surface area contributed by atoms with Gasteiger partial charge in [0.05, 0.1) is 0 Å². The number of hydrogen-bond donors (Lipinski definition) is 0. The van der Waals surface area contributed by atoms with E-state index in [9.17, 15) is 4.79 Å². The van der Waals surface area contributed by atoms with Gasteiger partial charge in [-0.15, -0.1) is 0 Å². The third kappa shape index (κ3) is 3.22. The van der Waals surface area contributed by atoms with Gasteiger partial charge in [-0.25, -0.2) is 0 Å². The van der Waals surface area contributed by atoms with E-state index in [0.717, 1.165) is 22.3 Å². The van der Waals surface area contributed by atoms with Crippen molar-refractivity contribution in [3.05, 3.63) is 172 Å². The van der Waals surface area contributed by atoms with Crippen molar-refractivity contribution in [1.82, 2.24) is 0 Å². The summed E-state index contributed by atoms with van der Waals surface area (Å²) in [6.45, 7) is 4.41. The molecule has 0 saturated heterocycles. The van der Waals surface area contributed by atoms with Gasteiger partial charge < -0.3 is 0 Å². The molecule has 2 heterocycles. The van der Waals surface area contributed by atoms with Crippen LogP contribution in [0.2, 0.25) is 0 Å². The molecular weight excluding hydrogens is 638 g/mol. The van der Waals surface area contributed by atoms with Gasteiger partial charge >= 0.3 is 263 Å². The number of anilines is 3. The molecule has 0 radical (unpaired) electrons. The zero-order valence-electron chi connectivity index (χ0n) is 23.9. The first-order valence-electron chi connectivity index (χ1n) is 14.7. The fraction of sp³-hybridized carbons (Fsp3) is 0.0750. The Morgan fingerprint density at radius 2 is 1.16 bits per heavy atom. The molecule has 0 bridgehead atoms. The summed E-state index contributed by atoms with van der Waals surface area (Å²) < 4.78 is 2.90. The van der Waals surface area contributed by atoms with E-state index in [1.165, 1.54) is 57.7 Å². The van der Waals surface area contributed by atoms with Crippen molar-refractivity contribution in [3.63, 3.8) is 0 Å². The summed E-state index contributed by atoms with van der Waals surface area (Å²) in [5.74, 6) is 0.108. The number of carbonyl (C=O) groups excluding carboxylic acids is 1. The van der Waals surface area contributed by atoms with Gasteiger partial charge in [-0.1, -0.05) is 0 Å². The SMILES string of the molecule is Cc1cccc(C)c1-c1ccc2c(c1)N1c3ccccc3[Te]c3cccc(c31)C21c2ccccc2C(=O)c2ccccc21. The summed E-state index contributed by atoms with van der Waals surface area (Å²) in [5, 5.41) is 0. The van der Waals surface area contributed by atoms with Crippen LogP contribution in [0.1, 0.15) is 49.3 Å². The Morgan fingerprint density at radius 3 is 1.91 bits per heavy atom. The number of hydrogen-bond acceptors (Lipinski definition) is 2. The van der Waals surface area contributed by atoms with Crippen LogP contribution in [0.25, 0.3) is 11.1 Å². The van der Waals surface area contributed by atoms with Crippen LogP contribution < -0.4 is 12.1 Å². The molecule has 0 unspecified atom stereocenters. The van der Waals surface area contributed by atoms with Gasteiger partial charge in [0.2, 0.25) is 0 Å². The molecule has 43 heavy (non-hydrogen) atoms. The van der Waals surface area contributed by atoms with Gasteiger partial charge in [-0.2, -0.15) is 0 Å². The standard InChI is InChI=1S/C40H27NOTe/c1-24-11-9-12-25(2)37(24)26-21-22-31-34(23-26)41-33-18-7-8-19-35(33)43-36-20-10-17-32(38(36)41)40(31)29-15-5-3-13-27(29)39(42)28-14-4-6-16-30(28)40/h3-23H,1-2H3. The van der Waals surface area contributed by atoms with Gasteiger partial charge in [-0.3, -0.25) is 0 Å². The van der Waals surface area contributed by atoms with E-state index in [1.54, 1.807) is 0 Å². The van der Waals surface area contributed by atoms with Crippen LogP contribution in [-0.2, 0) is 5.41 Å². The zero-order valence-corrected chi connectivity index (χ0v) is 26.2. The zero-order chi connectivity index (χ0) is 28.9. The fourth-order valence-electron chi connectivity index (χ4n) is 7.85. The van der Waals surface area contributed by atoms with Crippen LogP contribution in [0, 0.1) is 13.8 Å². The van der Waals surface area contributed by atoms with Crippen molar-refractivity contribution in [2.45, 2.75) is 19.3 Å². The maximum atomic E-state index is 14.0. The predicted molar refractivity (Wildman–Crippen MR) is 176 cm³/mol. The van der Waals surface area contributed by atoms with Crippen LogP contribution in [0.4, 0.5) is 17.1 Å². The van der Waals surface area contributed by atoms with Gasteiger partial charge in [0.1, 0.15) is 0 Å². The minimum absolute atomic E-state index is 0.108. The van der Waals surface area contributed by atoms with Crippen molar-refractivity contribution >= 4 is 51.0 Å². The summed E-state index contributed by atoms with van der Waals surface area (Å²) in [7, 11) is 0. The molecule has 3 aliphatic rings. The van der Waals surface area contributed by atoms with Crippen molar-refractivity contribution in [3.8, 4) is 11.1 Å². The van der Waals surface area contributed by atoms with Crippen LogP contribution in [0.5, 0.6) is 0 Å². The van der Waals surface area contributed by atoms with Gasteiger partial charge in [0.25, 0.3) is 0 Å². The van der Waals surface area contributed by atoms with E-state index in [0.29, 0.717) is 0 Å². The molecule has 2 nitrogen and oxygen atoms in total. The second kappa shape index (κ2) is 9.04. The summed E-state index contributed by atoms with van der Waals surface area (Å²) in [4.78, 5) is 16.6. The summed E-state index contributed by atoms with van der Waals surface area (Å²) in [5.41, 5.74) is 14.5. The molecule has 0 saturated carbocycles. The fourth-order valence-corrected chi connectivity index (χ4v) is 11.0. The maximum absolute atomic E-state index is 14.0. The van der Waals surface area contributed by atoms with Crippen molar-refractivity contribution in [1.29, 1.82) is 0 Å². The molecule has 0 amide bonds. The van der Waals surface area contributed by atoms with E-state index < -0.39 is 26.3 Å². The number of nitrogens with zero attached hydrogens (tertiary/aromatic N) is 1. The van der Waals surface area contributed by atoms with E-state index in [2.05, 4.69) is 122 Å². The van der Waals surface area contributed by atoms with Crippen LogP contribution in [0.15, 0.2) is 127 Å². The van der Waals surface area contributed by atoms with E-state index in [1.807, 2.05) is 24.3 Å². The Hall–Kier alpha value is -4.42. The van der Waals surface area contributed by atoms with Gasteiger partial charge in [-0.05, 0) is 0 Å². The third-order valence-electron chi connectivity index (χ3n) is 9.52. The number of benzene rings is 6. The first-order chi connectivity index (χ1) is 21.1. The Bertz CT molecular complexity index is 2110. The van der Waals surface area contributed by atoms with E-state index in [4.69, 9.17) is 0 Å². The van der Waals surface area contributed by atoms with Gasteiger partial charge in [0.15, 0.2) is 0 Å². The molecular formula is C40H27NOTe. The molecule has 3 heteroatoms. The average Bonchev–Trinajstić information content (AvgIpc) is 3.04. The van der Waals surface area contributed by atoms with E-state index >= 15 is 0 Å². The summed E-state index contributed by atoms with van der Waals surface area (Å²) in [6.07, 6.45) is 0. The molecule has 0 fully saturated rings. The Kier molecular flexibility index (Phi) is 5.28. The molecule has 2 aliphatic heterocycles. The Balaban J connectivity index is 1.48. The number of fused-ring (bicyclic) bond motifs is 10. The molecule has 204 valence electrons. The quantitative estimate of drug-likeness (QED) is 0.168. The molecule has 6 aromatic rings. The molecule has 1 spiro atoms. The first-order valence-corrected chi connectivity index (χ1v) is 17.1. The van der Waals surface area contributed by atoms with Crippen molar-refractivity contribution in [2.24, 2.45) is 0 Å². The number of ketones is 1. The van der Waals surface area contributed by atoms with Crippen LogP contribution in [0.3, 0.4) is 0 Å². The Morgan fingerprint density at radius 1 is 0.558 bits per heavy atom. The van der Waals surface area contributed by atoms with Crippen LogP contribution >= 0.6 is 0 Å². The Labute approximate surface area is 261 Å². The average molecular weight is 665 g/mol. The monoisotopic (exact) mass is 667 g/mol. The van der Waals surface area contributed by atoms with E-state index in [-0.39, 0.29) is 5.78 Å². The molecule has 6 aromatic carbocycles. The van der Waals surface area contributed by atoms with Gasteiger partial charge in [0, 0.05) is 0 Å². The van der Waals surface area contributed by atoms with Crippen molar-refractivity contribution < 1.29 is 4.79 Å². The minimum atomic E-state index is -0.617. The molecule has 0 N–H and O–H groups in total. The summed E-state index contributed by atoms with van der Waals surface area (Å²) in [6, 6.07) is 46.1. The predicted octanol–water partition coefficient (Wildman–Crippen LogP) is 7.65. The molecule has 0 aromatic heterocycles. The number of aryl methyl sites for hydroxylation is 2. The van der Waals surface area contributed by atoms with Crippen molar-refractivity contribution in [2.75, 3.05) is 4.90 Å². The topological polar surface area (TPSA) is 20.3 Å². The number of carbonyl (C=O) groups is 1. The number of rotatable bonds is 1. The third-order valence-corrected chi connectivity index (χ3v) is 12.7. The normalized spacial score (nSPS) is 14.8. The second-order valence-electron chi connectivity index (χ2n) is 11.7.